The third kappa shape index (κ3) is 4.64. The fourth-order valence-electron chi connectivity index (χ4n) is 3.09. The van der Waals surface area contributed by atoms with Gasteiger partial charge in [-0.15, -0.1) is 0 Å². The van der Waals surface area contributed by atoms with Gasteiger partial charge in [-0.3, -0.25) is 14.9 Å². The van der Waals surface area contributed by atoms with Crippen molar-refractivity contribution in [3.8, 4) is 5.75 Å². The number of rotatable bonds is 6. The number of carbonyl (C=O) groups is 2. The van der Waals surface area contributed by atoms with Gasteiger partial charge in [-0.1, -0.05) is 6.07 Å². The average Bonchev–Trinajstić information content (AvgIpc) is 3.30. The van der Waals surface area contributed by atoms with Crippen LogP contribution in [0.4, 0.5) is 5.69 Å². The number of nitro benzene ring substituents is 1. The molecule has 10 heteroatoms. The van der Waals surface area contributed by atoms with Crippen LogP contribution in [0.3, 0.4) is 0 Å². The molecule has 0 bridgehead atoms. The molecule has 0 aliphatic heterocycles. The van der Waals surface area contributed by atoms with E-state index in [1.54, 1.807) is 19.1 Å². The first-order valence-electron chi connectivity index (χ1n) is 9.67. The predicted octanol–water partition coefficient (Wildman–Crippen LogP) is 3.75. The lowest BCUT2D eigenvalue weighted by Crippen LogP contribution is -2.27. The van der Waals surface area contributed by atoms with E-state index in [9.17, 15) is 24.5 Å². The van der Waals surface area contributed by atoms with E-state index in [1.165, 1.54) is 42.7 Å². The Balaban J connectivity index is 1.54. The molecular formula is C23H16N2O8. The zero-order valence-corrected chi connectivity index (χ0v) is 17.2. The maximum Gasteiger partial charge on any atom is 0.349 e. The van der Waals surface area contributed by atoms with Crippen LogP contribution < -0.4 is 15.7 Å². The van der Waals surface area contributed by atoms with Crippen molar-refractivity contribution in [1.29, 1.82) is 0 Å². The van der Waals surface area contributed by atoms with Crippen molar-refractivity contribution >= 4 is 28.5 Å². The van der Waals surface area contributed by atoms with E-state index < -0.39 is 22.4 Å². The summed E-state index contributed by atoms with van der Waals surface area (Å²) in [6.07, 6.45) is 1.47. The molecule has 0 aliphatic rings. The third-order valence-corrected chi connectivity index (χ3v) is 4.81. The van der Waals surface area contributed by atoms with E-state index in [0.717, 1.165) is 6.07 Å². The Bertz CT molecular complexity index is 1440. The number of benzene rings is 2. The monoisotopic (exact) mass is 448 g/mol. The normalized spacial score (nSPS) is 10.7. The van der Waals surface area contributed by atoms with Gasteiger partial charge < -0.3 is 18.9 Å². The molecule has 0 radical (unpaired) electrons. The average molecular weight is 448 g/mol. The lowest BCUT2D eigenvalue weighted by Gasteiger charge is -2.07. The van der Waals surface area contributed by atoms with Gasteiger partial charge in [0.25, 0.3) is 11.6 Å². The third-order valence-electron chi connectivity index (χ3n) is 4.81. The first-order valence-corrected chi connectivity index (χ1v) is 9.67. The molecule has 0 aliphatic carbocycles. The fraction of sp³-hybridized carbons (Fsp3) is 0.0870. The van der Waals surface area contributed by atoms with Gasteiger partial charge >= 0.3 is 11.6 Å². The number of hydrogen-bond acceptors (Lipinski definition) is 8. The summed E-state index contributed by atoms with van der Waals surface area (Å²) in [6.45, 7) is 1.67. The van der Waals surface area contributed by atoms with Crippen LogP contribution in [0.25, 0.3) is 11.0 Å². The molecule has 2 aromatic carbocycles. The molecule has 4 aromatic rings. The number of nitrogens with zero attached hydrogens (tertiary/aromatic N) is 1. The van der Waals surface area contributed by atoms with E-state index in [4.69, 9.17) is 13.6 Å². The highest BCUT2D eigenvalue weighted by Crippen LogP contribution is 2.23. The lowest BCUT2D eigenvalue weighted by atomic mass is 10.1. The Hall–Kier alpha value is -4.73. The van der Waals surface area contributed by atoms with Gasteiger partial charge in [0.1, 0.15) is 22.7 Å². The van der Waals surface area contributed by atoms with Gasteiger partial charge in [-0.25, -0.2) is 9.59 Å². The Kier molecular flexibility index (Phi) is 5.73. The molecule has 10 nitrogen and oxygen atoms in total. The number of aryl methyl sites for hydroxylation is 1. The van der Waals surface area contributed by atoms with Crippen LogP contribution in [0.2, 0.25) is 0 Å². The maximum absolute atomic E-state index is 12.4. The minimum atomic E-state index is -0.864. The Morgan fingerprint density at radius 1 is 1.12 bits per heavy atom. The van der Waals surface area contributed by atoms with Gasteiger partial charge in [0, 0.05) is 23.1 Å². The highest BCUT2D eigenvalue weighted by atomic mass is 16.6. The number of amides is 1. The van der Waals surface area contributed by atoms with E-state index in [0.29, 0.717) is 16.7 Å². The molecule has 2 aromatic heterocycles. The molecule has 166 valence electrons. The molecule has 0 saturated heterocycles. The highest BCUT2D eigenvalue weighted by molar-refractivity contribution is 5.97. The Morgan fingerprint density at radius 3 is 2.67 bits per heavy atom. The minimum absolute atomic E-state index is 0.00238. The first-order chi connectivity index (χ1) is 15.8. The van der Waals surface area contributed by atoms with Crippen molar-refractivity contribution < 1.29 is 28.1 Å². The summed E-state index contributed by atoms with van der Waals surface area (Å²) in [7, 11) is 0. The van der Waals surface area contributed by atoms with Crippen LogP contribution in [0.15, 0.2) is 74.5 Å². The van der Waals surface area contributed by atoms with E-state index in [2.05, 4.69) is 5.32 Å². The molecule has 4 rings (SSSR count). The van der Waals surface area contributed by atoms with Crippen molar-refractivity contribution in [2.24, 2.45) is 0 Å². The van der Waals surface area contributed by atoms with E-state index >= 15 is 0 Å². The van der Waals surface area contributed by atoms with Crippen LogP contribution in [0, 0.1) is 17.0 Å². The molecule has 2 heterocycles. The number of furan rings is 1. The standard InChI is InChI=1S/C23H16N2O8/c1-13-4-5-15(10-19(13)25(29)30)22(27)32-16-7-6-14-9-18(23(28)33-20(14)11-16)21(26)24-12-17-3-2-8-31-17/h2-11H,12H2,1H3,(H,24,26). The molecule has 33 heavy (non-hydrogen) atoms. The second-order valence-corrected chi connectivity index (χ2v) is 7.06. The SMILES string of the molecule is Cc1ccc(C(=O)Oc2ccc3cc(C(=O)NCc4ccco4)c(=O)oc3c2)cc1[N+](=O)[O-]. The molecule has 0 fully saturated rings. The molecule has 1 N–H and O–H groups in total. The molecule has 0 spiro atoms. The molecule has 0 unspecified atom stereocenters. The lowest BCUT2D eigenvalue weighted by molar-refractivity contribution is -0.385. The van der Waals surface area contributed by atoms with Gasteiger partial charge in [-0.2, -0.15) is 0 Å². The topological polar surface area (TPSA) is 142 Å². The predicted molar refractivity (Wildman–Crippen MR) is 115 cm³/mol. The summed E-state index contributed by atoms with van der Waals surface area (Å²) in [4.78, 5) is 47.6. The largest absolute Gasteiger partial charge is 0.467 e. The summed E-state index contributed by atoms with van der Waals surface area (Å²) < 4.78 is 15.6. The van der Waals surface area contributed by atoms with Crippen LogP contribution in [0.1, 0.15) is 32.0 Å². The fourth-order valence-corrected chi connectivity index (χ4v) is 3.09. The zero-order chi connectivity index (χ0) is 23.5. The Morgan fingerprint density at radius 2 is 1.94 bits per heavy atom. The number of nitrogens with one attached hydrogen (secondary N) is 1. The van der Waals surface area contributed by atoms with Gasteiger partial charge in [-0.05, 0) is 43.3 Å². The second-order valence-electron chi connectivity index (χ2n) is 7.06. The number of carbonyl (C=O) groups excluding carboxylic acids is 2. The number of esters is 1. The molecular weight excluding hydrogens is 432 g/mol. The summed E-state index contributed by atoms with van der Waals surface area (Å²) in [5, 5.41) is 14.1. The van der Waals surface area contributed by atoms with Crippen molar-refractivity contribution in [3.05, 3.63) is 104 Å². The molecule has 0 atom stereocenters. The van der Waals surface area contributed by atoms with Gasteiger partial charge in [0.2, 0.25) is 0 Å². The van der Waals surface area contributed by atoms with E-state index in [1.807, 2.05) is 0 Å². The summed E-state index contributed by atoms with van der Waals surface area (Å²) in [6, 6.07) is 13.0. The van der Waals surface area contributed by atoms with Gasteiger partial charge in [0.05, 0.1) is 23.3 Å². The summed E-state index contributed by atoms with van der Waals surface area (Å²) in [5.41, 5.74) is -0.747. The van der Waals surface area contributed by atoms with Crippen molar-refractivity contribution in [2.45, 2.75) is 13.5 Å². The zero-order valence-electron chi connectivity index (χ0n) is 17.2. The van der Waals surface area contributed by atoms with Crippen LogP contribution in [0.5, 0.6) is 5.75 Å². The minimum Gasteiger partial charge on any atom is -0.467 e. The van der Waals surface area contributed by atoms with Crippen molar-refractivity contribution in [2.75, 3.05) is 0 Å². The second kappa shape index (κ2) is 8.79. The van der Waals surface area contributed by atoms with Gasteiger partial charge in [0.15, 0.2) is 0 Å². The summed E-state index contributed by atoms with van der Waals surface area (Å²) >= 11 is 0. The first kappa shape index (κ1) is 21.5. The smallest absolute Gasteiger partial charge is 0.349 e. The van der Waals surface area contributed by atoms with Crippen LogP contribution >= 0.6 is 0 Å². The van der Waals surface area contributed by atoms with Crippen LogP contribution in [-0.2, 0) is 6.54 Å². The highest BCUT2D eigenvalue weighted by Gasteiger charge is 2.18. The number of nitro groups is 1. The number of fused-ring (bicyclic) bond motifs is 1. The molecule has 0 saturated carbocycles. The van der Waals surface area contributed by atoms with Crippen molar-refractivity contribution in [3.63, 3.8) is 0 Å². The number of ether oxygens (including phenoxy) is 1. The Labute approximate surface area is 185 Å². The quantitative estimate of drug-likeness (QED) is 0.154. The van der Waals surface area contributed by atoms with Crippen molar-refractivity contribution in [1.82, 2.24) is 5.32 Å². The number of hydrogen-bond donors (Lipinski definition) is 1. The van der Waals surface area contributed by atoms with Crippen LogP contribution in [-0.4, -0.2) is 16.8 Å². The molecule has 1 amide bonds. The summed E-state index contributed by atoms with van der Waals surface area (Å²) in [5.74, 6) is -0.847. The maximum atomic E-state index is 12.4. The van der Waals surface area contributed by atoms with E-state index in [-0.39, 0.29) is 34.7 Å².